The number of rotatable bonds is 49. The molecule has 0 aromatic rings. The van der Waals surface area contributed by atoms with Crippen molar-refractivity contribution in [1.82, 2.24) is 0 Å². The van der Waals surface area contributed by atoms with E-state index in [1.165, 1.54) is 186 Å². The number of carbonyl (C=O) groups is 2. The van der Waals surface area contributed by atoms with Crippen molar-refractivity contribution < 1.29 is 63.1 Å². The number of aliphatic hydroxyl groups excluding tert-OH is 5. The fraction of sp³-hybridized carbons (Fsp3) is 0.927. The summed E-state index contributed by atoms with van der Waals surface area (Å²) >= 11 is 0. The smallest absolute Gasteiger partial charge is 0.462 e. The molecule has 14 heteroatoms. The summed E-state index contributed by atoms with van der Waals surface area (Å²) in [5, 5.41) is 50.4. The molecular formula is C55H105O13P. The maximum absolute atomic E-state index is 12.9. The SMILES string of the molecule is CCCCCCCC/C=C/CCCCCCCCCCCCCC(=O)O[C@H](COC(=O)CCCCCCCCCCCCCCCCCCCCC)COP(=O)(O)OC1C(O)C(O)C(O)[C@@H](O)C1O. The first-order valence-corrected chi connectivity index (χ1v) is 30.0. The number of aliphatic hydroxyl groups is 5. The lowest BCUT2D eigenvalue weighted by atomic mass is 9.85. The Kier molecular flexibility index (Phi) is 43.0. The monoisotopic (exact) mass is 1000 g/mol. The number of allylic oxidation sites excluding steroid dienone is 2. The Hall–Kier alpha value is -1.41. The van der Waals surface area contributed by atoms with Crippen molar-refractivity contribution in [3.05, 3.63) is 12.2 Å². The van der Waals surface area contributed by atoms with E-state index in [0.29, 0.717) is 12.8 Å². The highest BCUT2D eigenvalue weighted by Gasteiger charge is 2.51. The van der Waals surface area contributed by atoms with Crippen LogP contribution in [0.4, 0.5) is 0 Å². The summed E-state index contributed by atoms with van der Waals surface area (Å²) in [4.78, 5) is 35.9. The van der Waals surface area contributed by atoms with Crippen molar-refractivity contribution in [2.24, 2.45) is 0 Å². The van der Waals surface area contributed by atoms with Crippen LogP contribution >= 0.6 is 7.82 Å². The van der Waals surface area contributed by atoms with Gasteiger partial charge in [0.15, 0.2) is 6.10 Å². The quantitative estimate of drug-likeness (QED) is 0.0145. The van der Waals surface area contributed by atoms with Gasteiger partial charge in [0.1, 0.15) is 43.2 Å². The van der Waals surface area contributed by atoms with Crippen molar-refractivity contribution in [3.63, 3.8) is 0 Å². The van der Waals surface area contributed by atoms with Gasteiger partial charge >= 0.3 is 19.8 Å². The molecule has 0 bridgehead atoms. The zero-order chi connectivity index (χ0) is 50.6. The van der Waals surface area contributed by atoms with Crippen LogP contribution in [0, 0.1) is 0 Å². The largest absolute Gasteiger partial charge is 0.472 e. The Morgan fingerprint density at radius 2 is 0.739 bits per heavy atom. The number of phosphoric ester groups is 1. The lowest BCUT2D eigenvalue weighted by molar-refractivity contribution is -0.220. The molecule has 69 heavy (non-hydrogen) atoms. The average molecular weight is 1010 g/mol. The predicted molar refractivity (Wildman–Crippen MR) is 277 cm³/mol. The first kappa shape index (κ1) is 65.6. The van der Waals surface area contributed by atoms with Gasteiger partial charge in [-0.1, -0.05) is 231 Å². The first-order chi connectivity index (χ1) is 33.4. The zero-order valence-corrected chi connectivity index (χ0v) is 44.8. The van der Waals surface area contributed by atoms with E-state index in [9.17, 15) is 44.6 Å². The van der Waals surface area contributed by atoms with Gasteiger partial charge in [-0.2, -0.15) is 0 Å². The first-order valence-electron chi connectivity index (χ1n) is 28.5. The van der Waals surface area contributed by atoms with Gasteiger partial charge in [-0.15, -0.1) is 0 Å². The lowest BCUT2D eigenvalue weighted by Crippen LogP contribution is -2.64. The van der Waals surface area contributed by atoms with Crippen LogP contribution in [-0.4, -0.2) is 98.3 Å². The third kappa shape index (κ3) is 37.1. The number of hydrogen-bond donors (Lipinski definition) is 6. The highest BCUT2D eigenvalue weighted by Crippen LogP contribution is 2.47. The minimum absolute atomic E-state index is 0.101. The van der Waals surface area contributed by atoms with Crippen LogP contribution in [-0.2, 0) is 32.7 Å². The second kappa shape index (κ2) is 45.2. The molecule has 0 aliphatic heterocycles. The van der Waals surface area contributed by atoms with Gasteiger partial charge in [0, 0.05) is 12.8 Å². The van der Waals surface area contributed by atoms with Crippen molar-refractivity contribution >= 4 is 19.8 Å². The number of unbranched alkanes of at least 4 members (excludes halogenated alkanes) is 35. The molecule has 1 saturated carbocycles. The van der Waals surface area contributed by atoms with E-state index in [0.717, 1.165) is 44.9 Å². The maximum Gasteiger partial charge on any atom is 0.472 e. The van der Waals surface area contributed by atoms with Gasteiger partial charge < -0.3 is 39.9 Å². The Morgan fingerprint density at radius 3 is 1.10 bits per heavy atom. The van der Waals surface area contributed by atoms with Crippen LogP contribution in [0.3, 0.4) is 0 Å². The molecule has 0 spiro atoms. The summed E-state index contributed by atoms with van der Waals surface area (Å²) in [6, 6.07) is 0. The number of carbonyl (C=O) groups excluding carboxylic acids is 2. The Balaban J connectivity index is 2.33. The molecule has 1 fully saturated rings. The van der Waals surface area contributed by atoms with Gasteiger partial charge in [-0.25, -0.2) is 4.57 Å². The van der Waals surface area contributed by atoms with Crippen LogP contribution in [0.1, 0.15) is 271 Å². The van der Waals surface area contributed by atoms with Crippen molar-refractivity contribution in [3.8, 4) is 0 Å². The summed E-state index contributed by atoms with van der Waals surface area (Å²) in [6.07, 6.45) is 38.3. The molecule has 6 N–H and O–H groups in total. The minimum Gasteiger partial charge on any atom is -0.462 e. The molecule has 0 amide bonds. The highest BCUT2D eigenvalue weighted by atomic mass is 31.2. The molecule has 0 saturated heterocycles. The molecule has 13 nitrogen and oxygen atoms in total. The summed E-state index contributed by atoms with van der Waals surface area (Å²) in [5.74, 6) is -1.08. The van der Waals surface area contributed by atoms with Crippen molar-refractivity contribution in [2.45, 2.75) is 313 Å². The van der Waals surface area contributed by atoms with E-state index >= 15 is 0 Å². The molecule has 0 aromatic carbocycles. The highest BCUT2D eigenvalue weighted by molar-refractivity contribution is 7.47. The normalized spacial score (nSPS) is 20.9. The molecule has 0 aromatic heterocycles. The molecular weight excluding hydrogens is 900 g/mol. The third-order valence-corrected chi connectivity index (χ3v) is 14.6. The van der Waals surface area contributed by atoms with E-state index in [1.54, 1.807) is 0 Å². The number of phosphoric acid groups is 1. The number of hydrogen-bond acceptors (Lipinski definition) is 12. The minimum atomic E-state index is -5.12. The molecule has 1 aliphatic rings. The summed E-state index contributed by atoms with van der Waals surface area (Å²) < 4.78 is 33.7. The van der Waals surface area contributed by atoms with E-state index in [-0.39, 0.29) is 12.8 Å². The fourth-order valence-corrected chi connectivity index (χ4v) is 10.0. The lowest BCUT2D eigenvalue weighted by Gasteiger charge is -2.41. The van der Waals surface area contributed by atoms with Gasteiger partial charge in [0.25, 0.3) is 0 Å². The van der Waals surface area contributed by atoms with Gasteiger partial charge in [0.05, 0.1) is 6.61 Å². The molecule has 0 heterocycles. The van der Waals surface area contributed by atoms with E-state index in [1.807, 2.05) is 0 Å². The van der Waals surface area contributed by atoms with Gasteiger partial charge in [-0.05, 0) is 38.5 Å². The predicted octanol–water partition coefficient (Wildman–Crippen LogP) is 13.0. The van der Waals surface area contributed by atoms with Crippen molar-refractivity contribution in [1.29, 1.82) is 0 Å². The van der Waals surface area contributed by atoms with Crippen LogP contribution in [0.5, 0.6) is 0 Å². The molecule has 6 unspecified atom stereocenters. The summed E-state index contributed by atoms with van der Waals surface area (Å²) in [5.41, 5.74) is 0. The summed E-state index contributed by atoms with van der Waals surface area (Å²) in [6.45, 7) is 3.36. The van der Waals surface area contributed by atoms with E-state index in [2.05, 4.69) is 26.0 Å². The molecule has 408 valence electrons. The van der Waals surface area contributed by atoms with E-state index in [4.69, 9.17) is 18.5 Å². The van der Waals surface area contributed by atoms with Crippen LogP contribution in [0.25, 0.3) is 0 Å². The summed E-state index contributed by atoms with van der Waals surface area (Å²) in [7, 11) is -5.12. The average Bonchev–Trinajstić information content (AvgIpc) is 3.33. The molecule has 8 atom stereocenters. The Labute approximate surface area is 420 Å². The standard InChI is InChI=1S/C55H105O13P/c1-3-5-7-9-11-13-15-17-19-21-23-24-26-28-30-32-34-36-38-40-42-44-49(57)67-47(46-66-69(63,64)68-55-53(61)51(59)50(58)52(60)54(55)62)45-65-48(56)43-41-39-37-35-33-31-29-27-25-22-20-18-16-14-12-10-8-6-4-2/h17,19,47,50-55,58-62H,3-16,18,20-46H2,1-2H3,(H,63,64)/b19-17+/t47-,50?,51-,52?,53?,54?,55?/m1/s1. The maximum atomic E-state index is 12.9. The second-order valence-electron chi connectivity index (χ2n) is 20.2. The molecule has 1 aliphatic carbocycles. The zero-order valence-electron chi connectivity index (χ0n) is 43.9. The fourth-order valence-electron chi connectivity index (χ4n) is 9.05. The molecule has 0 radical (unpaired) electrons. The van der Waals surface area contributed by atoms with E-state index < -0.39 is 75.7 Å². The third-order valence-electron chi connectivity index (χ3n) is 13.6. The Morgan fingerprint density at radius 1 is 0.435 bits per heavy atom. The van der Waals surface area contributed by atoms with Gasteiger partial charge in [-0.3, -0.25) is 18.6 Å². The van der Waals surface area contributed by atoms with Crippen LogP contribution in [0.15, 0.2) is 12.2 Å². The number of ether oxygens (including phenoxy) is 2. The molecule has 1 rings (SSSR count). The van der Waals surface area contributed by atoms with Crippen molar-refractivity contribution in [2.75, 3.05) is 13.2 Å². The van der Waals surface area contributed by atoms with Crippen LogP contribution < -0.4 is 0 Å². The Bertz CT molecular complexity index is 1250. The van der Waals surface area contributed by atoms with Gasteiger partial charge in [0.2, 0.25) is 0 Å². The van der Waals surface area contributed by atoms with Crippen LogP contribution in [0.2, 0.25) is 0 Å². The topological polar surface area (TPSA) is 210 Å². The second-order valence-corrected chi connectivity index (χ2v) is 21.6. The number of esters is 2.